The van der Waals surface area contributed by atoms with Gasteiger partial charge in [0.05, 0.1) is 17.0 Å². The van der Waals surface area contributed by atoms with Crippen LogP contribution in [0, 0.1) is 6.92 Å². The van der Waals surface area contributed by atoms with Crippen LogP contribution < -0.4 is 0 Å². The zero-order chi connectivity index (χ0) is 13.8. The number of carbonyl (C=O) groups is 1. The third kappa shape index (κ3) is 3.88. The maximum absolute atomic E-state index is 12.2. The minimum atomic E-state index is -0.266. The van der Waals surface area contributed by atoms with E-state index in [0.29, 0.717) is 18.4 Å². The minimum absolute atomic E-state index is 0.120. The lowest BCUT2D eigenvalue weighted by atomic mass is 9.96. The molecule has 0 aliphatic heterocycles. The van der Waals surface area contributed by atoms with Crippen molar-refractivity contribution in [3.05, 3.63) is 23.0 Å². The second kappa shape index (κ2) is 6.05. The summed E-state index contributed by atoms with van der Waals surface area (Å²) in [4.78, 5) is 12.2. The molecule has 0 aliphatic carbocycles. The second-order valence-electron chi connectivity index (χ2n) is 5.09. The Bertz CT molecular complexity index is 428. The molecule has 1 aromatic rings. The predicted octanol–water partition coefficient (Wildman–Crippen LogP) is 2.74. The normalized spacial score (nSPS) is 11.6. The van der Waals surface area contributed by atoms with E-state index in [9.17, 15) is 4.79 Å². The average molecular weight is 250 g/mol. The highest BCUT2D eigenvalue weighted by Crippen LogP contribution is 2.19. The lowest BCUT2D eigenvalue weighted by molar-refractivity contribution is 0.0141. The first kappa shape index (κ1) is 14.8. The molecule has 0 saturated heterocycles. The van der Waals surface area contributed by atoms with Crippen molar-refractivity contribution in [1.82, 2.24) is 10.2 Å². The Morgan fingerprint density at radius 3 is 2.61 bits per heavy atom. The highest BCUT2D eigenvalue weighted by molar-refractivity contribution is 5.97. The van der Waals surface area contributed by atoms with Gasteiger partial charge in [0, 0.05) is 19.1 Å². The molecule has 0 aromatic carbocycles. The molecule has 0 radical (unpaired) electrons. The zero-order valence-electron chi connectivity index (χ0n) is 11.9. The van der Waals surface area contributed by atoms with Crippen molar-refractivity contribution in [1.29, 1.82) is 0 Å². The third-order valence-corrected chi connectivity index (χ3v) is 3.13. The summed E-state index contributed by atoms with van der Waals surface area (Å²) in [6, 6.07) is 1.83. The molecule has 0 saturated carbocycles. The van der Waals surface area contributed by atoms with Crippen molar-refractivity contribution in [2.45, 2.75) is 52.6 Å². The summed E-state index contributed by atoms with van der Waals surface area (Å²) >= 11 is 0. The molecule has 0 atom stereocenters. The Hall–Kier alpha value is -1.29. The molecular weight excluding hydrogens is 228 g/mol. The molecule has 0 spiro atoms. The van der Waals surface area contributed by atoms with Gasteiger partial charge >= 0.3 is 0 Å². The topological polar surface area (TPSA) is 52.1 Å². The summed E-state index contributed by atoms with van der Waals surface area (Å²) < 4.78 is 5.32. The van der Waals surface area contributed by atoms with E-state index in [1.54, 1.807) is 7.11 Å². The fourth-order valence-corrected chi connectivity index (χ4v) is 1.67. The van der Waals surface area contributed by atoms with Gasteiger partial charge in [-0.15, -0.1) is 0 Å². The van der Waals surface area contributed by atoms with Gasteiger partial charge in [0.25, 0.3) is 0 Å². The number of rotatable bonds is 6. The van der Waals surface area contributed by atoms with E-state index >= 15 is 0 Å². The summed E-state index contributed by atoms with van der Waals surface area (Å²) in [5, 5.41) is 8.07. The number of nitrogens with zero attached hydrogens (tertiary/aromatic N) is 2. The van der Waals surface area contributed by atoms with Crippen LogP contribution in [0.3, 0.4) is 0 Å². The molecule has 1 heterocycles. The first-order valence-corrected chi connectivity index (χ1v) is 6.31. The van der Waals surface area contributed by atoms with Gasteiger partial charge in [0.15, 0.2) is 5.78 Å². The summed E-state index contributed by atoms with van der Waals surface area (Å²) in [7, 11) is 1.67. The fraction of sp³-hybridized carbons (Fsp3) is 0.643. The van der Waals surface area contributed by atoms with Crippen LogP contribution in [0.1, 0.15) is 55.4 Å². The van der Waals surface area contributed by atoms with Crippen LogP contribution >= 0.6 is 0 Å². The van der Waals surface area contributed by atoms with E-state index in [2.05, 4.69) is 10.2 Å². The Morgan fingerprint density at radius 2 is 2.06 bits per heavy atom. The molecule has 4 heteroatoms. The Kier molecular flexibility index (Phi) is 4.96. The van der Waals surface area contributed by atoms with Crippen LogP contribution in [0.5, 0.6) is 0 Å². The Morgan fingerprint density at radius 1 is 1.39 bits per heavy atom. The molecule has 1 rings (SSSR count). The number of carbonyl (C=O) groups excluding carboxylic acids is 1. The summed E-state index contributed by atoms with van der Waals surface area (Å²) in [6.07, 6.45) is 1.90. The van der Waals surface area contributed by atoms with Crippen LogP contribution in [0.25, 0.3) is 0 Å². The maximum Gasteiger partial charge on any atom is 0.164 e. The van der Waals surface area contributed by atoms with Gasteiger partial charge in [0.2, 0.25) is 0 Å². The fourth-order valence-electron chi connectivity index (χ4n) is 1.67. The number of hydrogen-bond acceptors (Lipinski definition) is 4. The first-order valence-electron chi connectivity index (χ1n) is 6.31. The van der Waals surface area contributed by atoms with E-state index in [1.165, 1.54) is 0 Å². The quantitative estimate of drug-likeness (QED) is 0.728. The van der Waals surface area contributed by atoms with E-state index in [0.717, 1.165) is 17.8 Å². The second-order valence-corrected chi connectivity index (χ2v) is 5.09. The highest BCUT2D eigenvalue weighted by Gasteiger charge is 2.20. The van der Waals surface area contributed by atoms with Gasteiger partial charge in [-0.25, -0.2) is 0 Å². The van der Waals surface area contributed by atoms with Crippen LogP contribution in [0.4, 0.5) is 0 Å². The van der Waals surface area contributed by atoms with Crippen molar-refractivity contribution in [3.8, 4) is 0 Å². The standard InChI is InChI=1S/C14H22N2O2/c1-6-12-11(9-10(2)15-16-12)13(17)7-8-14(3,4)18-5/h9H,6-8H2,1-5H3. The SMILES string of the molecule is CCc1nnc(C)cc1C(=O)CCC(C)(C)OC. The lowest BCUT2D eigenvalue weighted by Crippen LogP contribution is -2.23. The van der Waals surface area contributed by atoms with Gasteiger partial charge in [-0.3, -0.25) is 4.79 Å². The molecule has 0 aliphatic rings. The van der Waals surface area contributed by atoms with Crippen molar-refractivity contribution in [3.63, 3.8) is 0 Å². The van der Waals surface area contributed by atoms with Crippen LogP contribution in [-0.4, -0.2) is 28.7 Å². The van der Waals surface area contributed by atoms with Crippen molar-refractivity contribution in [2.24, 2.45) is 0 Å². The molecule has 0 bridgehead atoms. The largest absolute Gasteiger partial charge is 0.379 e. The lowest BCUT2D eigenvalue weighted by Gasteiger charge is -2.22. The molecule has 4 nitrogen and oxygen atoms in total. The number of methoxy groups -OCH3 is 1. The smallest absolute Gasteiger partial charge is 0.164 e. The predicted molar refractivity (Wildman–Crippen MR) is 70.8 cm³/mol. The van der Waals surface area contributed by atoms with Crippen LogP contribution in [0.2, 0.25) is 0 Å². The number of aryl methyl sites for hydroxylation is 2. The number of ketones is 1. The monoisotopic (exact) mass is 250 g/mol. The molecule has 0 N–H and O–H groups in total. The van der Waals surface area contributed by atoms with E-state index in [1.807, 2.05) is 33.8 Å². The molecule has 0 unspecified atom stereocenters. The van der Waals surface area contributed by atoms with E-state index in [-0.39, 0.29) is 11.4 Å². The zero-order valence-corrected chi connectivity index (χ0v) is 11.9. The van der Waals surface area contributed by atoms with E-state index in [4.69, 9.17) is 4.74 Å². The number of ether oxygens (including phenoxy) is 1. The molecular formula is C14H22N2O2. The van der Waals surface area contributed by atoms with Gasteiger partial charge in [-0.05, 0) is 39.7 Å². The van der Waals surface area contributed by atoms with Gasteiger partial charge in [0.1, 0.15) is 0 Å². The Labute approximate surface area is 109 Å². The number of aromatic nitrogens is 2. The van der Waals surface area contributed by atoms with Gasteiger partial charge < -0.3 is 4.74 Å². The van der Waals surface area contributed by atoms with Crippen molar-refractivity contribution >= 4 is 5.78 Å². The summed E-state index contributed by atoms with van der Waals surface area (Å²) in [5.74, 6) is 0.120. The highest BCUT2D eigenvalue weighted by atomic mass is 16.5. The Balaban J connectivity index is 2.81. The number of hydrogen-bond donors (Lipinski definition) is 0. The molecule has 0 amide bonds. The van der Waals surface area contributed by atoms with Gasteiger partial charge in [-0.1, -0.05) is 6.92 Å². The van der Waals surface area contributed by atoms with E-state index < -0.39 is 0 Å². The average Bonchev–Trinajstić information content (AvgIpc) is 2.36. The summed E-state index contributed by atoms with van der Waals surface area (Å²) in [5.41, 5.74) is 2.00. The first-order chi connectivity index (χ1) is 8.39. The minimum Gasteiger partial charge on any atom is -0.379 e. The molecule has 100 valence electrons. The van der Waals surface area contributed by atoms with Crippen LogP contribution in [0.15, 0.2) is 6.07 Å². The maximum atomic E-state index is 12.2. The van der Waals surface area contributed by atoms with Crippen LogP contribution in [-0.2, 0) is 11.2 Å². The molecule has 1 aromatic heterocycles. The van der Waals surface area contributed by atoms with Crippen molar-refractivity contribution < 1.29 is 9.53 Å². The third-order valence-electron chi connectivity index (χ3n) is 3.13. The molecule has 18 heavy (non-hydrogen) atoms. The number of Topliss-reactive ketones (excluding diaryl/α,β-unsaturated/α-hetero) is 1. The van der Waals surface area contributed by atoms with Crippen molar-refractivity contribution in [2.75, 3.05) is 7.11 Å². The molecule has 0 fully saturated rings. The van der Waals surface area contributed by atoms with Gasteiger partial charge in [-0.2, -0.15) is 10.2 Å². The summed E-state index contributed by atoms with van der Waals surface area (Å²) in [6.45, 7) is 7.80.